The van der Waals surface area contributed by atoms with E-state index in [1.165, 1.54) is 4.90 Å². The van der Waals surface area contributed by atoms with Gasteiger partial charge in [-0.25, -0.2) is 0 Å². The predicted molar refractivity (Wildman–Crippen MR) is 102 cm³/mol. The van der Waals surface area contributed by atoms with E-state index in [9.17, 15) is 4.79 Å². The molecule has 1 heterocycles. The number of ether oxygens (including phenoxy) is 1. The molecule has 0 spiro atoms. The first kappa shape index (κ1) is 18.4. The van der Waals surface area contributed by atoms with E-state index < -0.39 is 0 Å². The molecule has 6 nitrogen and oxygen atoms in total. The lowest BCUT2D eigenvalue weighted by Gasteiger charge is -2.15. The van der Waals surface area contributed by atoms with Crippen LogP contribution >= 0.6 is 0 Å². The molecule has 0 unspecified atom stereocenters. The van der Waals surface area contributed by atoms with Gasteiger partial charge in [-0.1, -0.05) is 47.6 Å². The van der Waals surface area contributed by atoms with E-state index in [4.69, 9.17) is 9.26 Å². The zero-order valence-electron chi connectivity index (χ0n) is 15.4. The molecule has 3 rings (SSSR count). The molecule has 0 radical (unpaired) electrons. The second kappa shape index (κ2) is 8.31. The van der Waals surface area contributed by atoms with Crippen LogP contribution in [-0.4, -0.2) is 34.6 Å². The van der Waals surface area contributed by atoms with Gasteiger partial charge in [-0.3, -0.25) is 4.79 Å². The molecule has 1 aromatic heterocycles. The molecule has 6 heteroatoms. The maximum atomic E-state index is 12.6. The van der Waals surface area contributed by atoms with Crippen molar-refractivity contribution in [3.63, 3.8) is 0 Å². The molecule has 0 bridgehead atoms. The number of carbonyl (C=O) groups is 1. The number of aromatic nitrogens is 2. The SMILES string of the molecule is C=CCOc1ccc(C(=O)N(C)Cc2nc(-c3ccc(C)cc3)no2)cc1. The maximum Gasteiger partial charge on any atom is 0.254 e. The fraction of sp³-hybridized carbons (Fsp3) is 0.190. The molecule has 2 aromatic carbocycles. The van der Waals surface area contributed by atoms with E-state index in [1.807, 2.05) is 31.2 Å². The number of hydrogen-bond acceptors (Lipinski definition) is 5. The highest BCUT2D eigenvalue weighted by atomic mass is 16.5. The number of carbonyl (C=O) groups excluding carboxylic acids is 1. The van der Waals surface area contributed by atoms with Crippen molar-refractivity contribution >= 4 is 5.91 Å². The third-order valence-electron chi connectivity index (χ3n) is 3.97. The minimum atomic E-state index is -0.139. The maximum absolute atomic E-state index is 12.6. The third kappa shape index (κ3) is 4.61. The van der Waals surface area contributed by atoms with Crippen molar-refractivity contribution in [3.8, 4) is 17.1 Å². The van der Waals surface area contributed by atoms with Crippen molar-refractivity contribution < 1.29 is 14.1 Å². The van der Waals surface area contributed by atoms with Crippen molar-refractivity contribution in [1.29, 1.82) is 0 Å². The zero-order valence-corrected chi connectivity index (χ0v) is 15.4. The fourth-order valence-electron chi connectivity index (χ4n) is 2.48. The van der Waals surface area contributed by atoms with Crippen molar-refractivity contribution in [1.82, 2.24) is 15.0 Å². The fourth-order valence-corrected chi connectivity index (χ4v) is 2.48. The summed E-state index contributed by atoms with van der Waals surface area (Å²) < 4.78 is 10.7. The van der Waals surface area contributed by atoms with Crippen molar-refractivity contribution in [2.45, 2.75) is 13.5 Å². The summed E-state index contributed by atoms with van der Waals surface area (Å²) in [5.74, 6) is 1.44. The standard InChI is InChI=1S/C21H21N3O3/c1-4-13-26-18-11-9-17(10-12-18)21(25)24(3)14-19-22-20(23-27-19)16-7-5-15(2)6-8-16/h4-12H,1,13-14H2,2-3H3. The summed E-state index contributed by atoms with van der Waals surface area (Å²) >= 11 is 0. The second-order valence-corrected chi connectivity index (χ2v) is 6.16. The second-order valence-electron chi connectivity index (χ2n) is 6.16. The number of aryl methyl sites for hydroxylation is 1. The molecule has 0 atom stereocenters. The van der Waals surface area contributed by atoms with Gasteiger partial charge in [0.05, 0.1) is 6.54 Å². The Labute approximate surface area is 158 Å². The summed E-state index contributed by atoms with van der Waals surface area (Å²) in [4.78, 5) is 18.5. The Hall–Kier alpha value is -3.41. The van der Waals surface area contributed by atoms with Crippen LogP contribution in [0.4, 0.5) is 0 Å². The van der Waals surface area contributed by atoms with Gasteiger partial charge in [0, 0.05) is 18.2 Å². The molecule has 0 fully saturated rings. The van der Waals surface area contributed by atoms with Crippen molar-refractivity contribution in [2.24, 2.45) is 0 Å². The van der Waals surface area contributed by atoms with Crippen LogP contribution in [0.1, 0.15) is 21.8 Å². The van der Waals surface area contributed by atoms with Gasteiger partial charge in [0.1, 0.15) is 12.4 Å². The first-order valence-corrected chi connectivity index (χ1v) is 8.55. The Balaban J connectivity index is 1.64. The average Bonchev–Trinajstić information content (AvgIpc) is 3.15. The summed E-state index contributed by atoms with van der Waals surface area (Å²) in [7, 11) is 1.69. The van der Waals surface area contributed by atoms with Gasteiger partial charge in [-0.2, -0.15) is 4.98 Å². The molecule has 0 saturated carbocycles. The number of benzene rings is 2. The lowest BCUT2D eigenvalue weighted by Crippen LogP contribution is -2.26. The monoisotopic (exact) mass is 363 g/mol. The van der Waals surface area contributed by atoms with Gasteiger partial charge in [0.25, 0.3) is 5.91 Å². The smallest absolute Gasteiger partial charge is 0.254 e. The Morgan fingerprint density at radius 2 is 1.89 bits per heavy atom. The summed E-state index contributed by atoms with van der Waals surface area (Å²) in [5.41, 5.74) is 2.59. The summed E-state index contributed by atoms with van der Waals surface area (Å²) in [6.45, 7) is 6.27. The molecule has 138 valence electrons. The van der Waals surface area contributed by atoms with Crippen LogP contribution in [0, 0.1) is 6.92 Å². The van der Waals surface area contributed by atoms with E-state index >= 15 is 0 Å². The van der Waals surface area contributed by atoms with Gasteiger partial charge in [0.15, 0.2) is 0 Å². The summed E-state index contributed by atoms with van der Waals surface area (Å²) in [6, 6.07) is 14.8. The normalized spacial score (nSPS) is 10.4. The van der Waals surface area contributed by atoms with Gasteiger partial charge >= 0.3 is 0 Å². The number of amides is 1. The van der Waals surface area contributed by atoms with E-state index in [2.05, 4.69) is 16.7 Å². The number of hydrogen-bond donors (Lipinski definition) is 0. The minimum Gasteiger partial charge on any atom is -0.490 e. The average molecular weight is 363 g/mol. The first-order chi connectivity index (χ1) is 13.1. The van der Waals surface area contributed by atoms with Crippen LogP contribution in [0.15, 0.2) is 65.7 Å². The van der Waals surface area contributed by atoms with Crippen LogP contribution in [0.5, 0.6) is 5.75 Å². The minimum absolute atomic E-state index is 0.139. The molecule has 0 aliphatic rings. The Morgan fingerprint density at radius 1 is 1.19 bits per heavy atom. The van der Waals surface area contributed by atoms with Gasteiger partial charge in [-0.15, -0.1) is 0 Å². The van der Waals surface area contributed by atoms with Gasteiger partial charge in [-0.05, 0) is 31.2 Å². The first-order valence-electron chi connectivity index (χ1n) is 8.55. The molecule has 1 amide bonds. The van der Waals surface area contributed by atoms with Gasteiger partial charge in [0.2, 0.25) is 11.7 Å². The third-order valence-corrected chi connectivity index (χ3v) is 3.97. The number of nitrogens with zero attached hydrogens (tertiary/aromatic N) is 3. The van der Waals surface area contributed by atoms with Crippen LogP contribution in [0.2, 0.25) is 0 Å². The summed E-state index contributed by atoms with van der Waals surface area (Å²) in [5, 5.41) is 3.99. The molecular weight excluding hydrogens is 342 g/mol. The molecule has 3 aromatic rings. The Morgan fingerprint density at radius 3 is 2.56 bits per heavy atom. The van der Waals surface area contributed by atoms with Crippen molar-refractivity contribution in [3.05, 3.63) is 78.2 Å². The van der Waals surface area contributed by atoms with E-state index in [0.717, 1.165) is 11.1 Å². The zero-order chi connectivity index (χ0) is 19.2. The largest absolute Gasteiger partial charge is 0.490 e. The summed E-state index contributed by atoms with van der Waals surface area (Å²) in [6.07, 6.45) is 1.67. The quantitative estimate of drug-likeness (QED) is 0.596. The highest BCUT2D eigenvalue weighted by molar-refractivity contribution is 5.94. The van der Waals surface area contributed by atoms with Gasteiger partial charge < -0.3 is 14.2 Å². The Bertz CT molecular complexity index is 915. The van der Waals surface area contributed by atoms with Crippen LogP contribution < -0.4 is 4.74 Å². The number of rotatable bonds is 7. The van der Waals surface area contributed by atoms with E-state index in [1.54, 1.807) is 37.4 Å². The molecule has 0 aliphatic carbocycles. The topological polar surface area (TPSA) is 68.5 Å². The van der Waals surface area contributed by atoms with E-state index in [-0.39, 0.29) is 12.5 Å². The van der Waals surface area contributed by atoms with Crippen molar-refractivity contribution in [2.75, 3.05) is 13.7 Å². The van der Waals surface area contributed by atoms with Crippen LogP contribution in [0.25, 0.3) is 11.4 Å². The molecule has 0 N–H and O–H groups in total. The lowest BCUT2D eigenvalue weighted by atomic mass is 10.1. The predicted octanol–water partition coefficient (Wildman–Crippen LogP) is 3.88. The molecule has 27 heavy (non-hydrogen) atoms. The van der Waals surface area contributed by atoms with Crippen LogP contribution in [0.3, 0.4) is 0 Å². The molecule has 0 saturated heterocycles. The van der Waals surface area contributed by atoms with Crippen LogP contribution in [-0.2, 0) is 6.54 Å². The Kier molecular flexibility index (Phi) is 5.66. The van der Waals surface area contributed by atoms with E-state index in [0.29, 0.717) is 29.6 Å². The molecular formula is C21H21N3O3. The molecule has 0 aliphatic heterocycles. The highest BCUT2D eigenvalue weighted by Crippen LogP contribution is 2.18. The lowest BCUT2D eigenvalue weighted by molar-refractivity contribution is 0.0769. The highest BCUT2D eigenvalue weighted by Gasteiger charge is 2.16.